The molecule has 1 aromatic heterocycles. The van der Waals surface area contributed by atoms with Gasteiger partial charge in [-0.05, 0) is 42.8 Å². The predicted molar refractivity (Wildman–Crippen MR) is 94.9 cm³/mol. The number of aryl methyl sites for hydroxylation is 1. The zero-order chi connectivity index (χ0) is 16.7. The minimum Gasteiger partial charge on any atom is -0.351 e. The Hall–Kier alpha value is -2.40. The second kappa shape index (κ2) is 5.60. The van der Waals surface area contributed by atoms with Crippen LogP contribution < -0.4 is 4.90 Å². The molecule has 1 aliphatic heterocycles. The van der Waals surface area contributed by atoms with Gasteiger partial charge in [0.15, 0.2) is 9.84 Å². The molecule has 2 aromatic carbocycles. The van der Waals surface area contributed by atoms with Crippen molar-refractivity contribution in [2.75, 3.05) is 17.2 Å². The van der Waals surface area contributed by atoms with Crippen LogP contribution in [0.2, 0.25) is 0 Å². The van der Waals surface area contributed by atoms with Crippen molar-refractivity contribution in [3.05, 3.63) is 65.7 Å². The highest BCUT2D eigenvalue weighted by Crippen LogP contribution is 2.26. The standard InChI is InChI=1S/C19H17N2O2S/c1-14-6-8-17-15(12-14)7-9-19(20-17)21-10-11-24(22,23)18-5-3-2-4-16(18)13-21/h2-6,8-9,12H,10-11,13H2,1H3. The highest BCUT2D eigenvalue weighted by molar-refractivity contribution is 7.91. The van der Waals surface area contributed by atoms with Crippen molar-refractivity contribution in [2.24, 2.45) is 0 Å². The van der Waals surface area contributed by atoms with Gasteiger partial charge in [0.05, 0.1) is 16.2 Å². The number of benzene rings is 2. The molecule has 121 valence electrons. The first-order chi connectivity index (χ1) is 11.5. The Morgan fingerprint density at radius 1 is 1.17 bits per heavy atom. The molecule has 1 radical (unpaired) electrons. The van der Waals surface area contributed by atoms with E-state index in [0.29, 0.717) is 18.0 Å². The monoisotopic (exact) mass is 337 g/mol. The molecule has 0 atom stereocenters. The molecule has 0 saturated heterocycles. The second-order valence-corrected chi connectivity index (χ2v) is 8.21. The Morgan fingerprint density at radius 2 is 2.00 bits per heavy atom. The van der Waals surface area contributed by atoms with E-state index in [9.17, 15) is 8.42 Å². The summed E-state index contributed by atoms with van der Waals surface area (Å²) < 4.78 is 24.9. The average Bonchev–Trinajstić information content (AvgIpc) is 2.71. The molecule has 5 heteroatoms. The minimum absolute atomic E-state index is 0.0949. The molecule has 0 saturated carbocycles. The maximum Gasteiger partial charge on any atom is 0.180 e. The molecule has 0 spiro atoms. The van der Waals surface area contributed by atoms with E-state index < -0.39 is 9.84 Å². The van der Waals surface area contributed by atoms with Crippen LogP contribution in [-0.4, -0.2) is 25.7 Å². The fourth-order valence-electron chi connectivity index (χ4n) is 3.08. The van der Waals surface area contributed by atoms with Crippen molar-refractivity contribution < 1.29 is 8.42 Å². The maximum absolute atomic E-state index is 12.5. The topological polar surface area (TPSA) is 50.3 Å². The van der Waals surface area contributed by atoms with Crippen LogP contribution in [-0.2, 0) is 16.4 Å². The van der Waals surface area contributed by atoms with Crippen molar-refractivity contribution in [3.63, 3.8) is 0 Å². The summed E-state index contributed by atoms with van der Waals surface area (Å²) >= 11 is 0. The number of hydrogen-bond donors (Lipinski definition) is 0. The van der Waals surface area contributed by atoms with E-state index in [-0.39, 0.29) is 5.75 Å². The summed E-state index contributed by atoms with van der Waals surface area (Å²) in [5.74, 6) is 0.857. The molecule has 0 amide bonds. The van der Waals surface area contributed by atoms with Crippen LogP contribution in [0.5, 0.6) is 0 Å². The number of hydrogen-bond acceptors (Lipinski definition) is 4. The summed E-state index contributed by atoms with van der Waals surface area (Å²) in [5, 5.41) is 0.974. The lowest BCUT2D eigenvalue weighted by Crippen LogP contribution is -2.26. The lowest BCUT2D eigenvalue weighted by molar-refractivity contribution is 0.596. The Morgan fingerprint density at radius 3 is 2.88 bits per heavy atom. The van der Waals surface area contributed by atoms with E-state index in [2.05, 4.69) is 6.07 Å². The third-order valence-electron chi connectivity index (χ3n) is 4.37. The van der Waals surface area contributed by atoms with Crippen LogP contribution in [0, 0.1) is 13.0 Å². The van der Waals surface area contributed by atoms with E-state index in [1.807, 2.05) is 48.2 Å². The summed E-state index contributed by atoms with van der Waals surface area (Å²) in [4.78, 5) is 7.15. The van der Waals surface area contributed by atoms with Crippen molar-refractivity contribution in [1.29, 1.82) is 0 Å². The van der Waals surface area contributed by atoms with Gasteiger partial charge in [-0.15, -0.1) is 0 Å². The van der Waals surface area contributed by atoms with Crippen LogP contribution in [0.3, 0.4) is 0 Å². The molecule has 24 heavy (non-hydrogen) atoms. The highest BCUT2D eigenvalue weighted by atomic mass is 32.2. The van der Waals surface area contributed by atoms with Crippen LogP contribution in [0.25, 0.3) is 10.9 Å². The Kier molecular flexibility index (Phi) is 3.53. The summed E-state index contributed by atoms with van der Waals surface area (Å²) in [5.41, 5.74) is 2.86. The fraction of sp³-hybridized carbons (Fsp3) is 0.211. The fourth-order valence-corrected chi connectivity index (χ4v) is 4.58. The number of pyridine rings is 1. The van der Waals surface area contributed by atoms with Gasteiger partial charge in [0, 0.05) is 18.5 Å². The first kappa shape index (κ1) is 15.1. The van der Waals surface area contributed by atoms with Crippen LogP contribution in [0.4, 0.5) is 5.82 Å². The predicted octanol–water partition coefficient (Wildman–Crippen LogP) is 3.14. The van der Waals surface area contributed by atoms with Crippen LogP contribution in [0.15, 0.2) is 53.4 Å². The van der Waals surface area contributed by atoms with E-state index in [1.165, 1.54) is 5.56 Å². The van der Waals surface area contributed by atoms with E-state index >= 15 is 0 Å². The molecule has 4 rings (SSSR count). The minimum atomic E-state index is -3.25. The summed E-state index contributed by atoms with van der Waals surface area (Å²) in [6.45, 7) is 3.00. The number of sulfone groups is 1. The SMILES string of the molecule is Cc1ccc2nc(N3CCS(=O)(=O)c4ccccc4C3)c[c]c2c1. The van der Waals surface area contributed by atoms with Gasteiger partial charge in [-0.3, -0.25) is 0 Å². The molecule has 0 N–H and O–H groups in total. The summed E-state index contributed by atoms with van der Waals surface area (Å²) in [6, 6.07) is 18.4. The van der Waals surface area contributed by atoms with Gasteiger partial charge in [0.25, 0.3) is 0 Å². The van der Waals surface area contributed by atoms with Crippen molar-refractivity contribution in [2.45, 2.75) is 18.4 Å². The number of anilines is 1. The molecule has 3 aromatic rings. The van der Waals surface area contributed by atoms with Gasteiger partial charge in [-0.2, -0.15) is 0 Å². The number of rotatable bonds is 1. The lowest BCUT2D eigenvalue weighted by atomic mass is 10.1. The molecular weight excluding hydrogens is 320 g/mol. The number of aromatic nitrogens is 1. The van der Waals surface area contributed by atoms with Gasteiger partial charge < -0.3 is 4.90 Å². The van der Waals surface area contributed by atoms with E-state index in [1.54, 1.807) is 12.1 Å². The molecule has 1 aliphatic rings. The van der Waals surface area contributed by atoms with Gasteiger partial charge in [-0.1, -0.05) is 29.8 Å². The molecule has 2 heterocycles. The third kappa shape index (κ3) is 2.65. The van der Waals surface area contributed by atoms with Gasteiger partial charge >= 0.3 is 0 Å². The van der Waals surface area contributed by atoms with Gasteiger partial charge in [-0.25, -0.2) is 13.4 Å². The van der Waals surface area contributed by atoms with Crippen molar-refractivity contribution >= 4 is 26.6 Å². The summed E-state index contributed by atoms with van der Waals surface area (Å²) in [7, 11) is -3.25. The van der Waals surface area contributed by atoms with Crippen molar-refractivity contribution in [1.82, 2.24) is 4.98 Å². The normalized spacial score (nSPS) is 16.6. The van der Waals surface area contributed by atoms with E-state index in [4.69, 9.17) is 4.98 Å². The molecule has 0 aliphatic carbocycles. The first-order valence-electron chi connectivity index (χ1n) is 7.88. The van der Waals surface area contributed by atoms with Gasteiger partial charge in [0.1, 0.15) is 5.82 Å². The maximum atomic E-state index is 12.5. The quantitative estimate of drug-likeness (QED) is 0.684. The Labute approximate surface area is 141 Å². The highest BCUT2D eigenvalue weighted by Gasteiger charge is 2.25. The average molecular weight is 337 g/mol. The summed E-state index contributed by atoms with van der Waals surface area (Å²) in [6.07, 6.45) is 0. The van der Waals surface area contributed by atoms with Gasteiger partial charge in [0.2, 0.25) is 0 Å². The zero-order valence-corrected chi connectivity index (χ0v) is 14.2. The number of nitrogens with zero attached hydrogens (tertiary/aromatic N) is 2. The van der Waals surface area contributed by atoms with E-state index in [0.717, 1.165) is 22.3 Å². The molecule has 4 nitrogen and oxygen atoms in total. The third-order valence-corrected chi connectivity index (χ3v) is 6.16. The zero-order valence-electron chi connectivity index (χ0n) is 13.4. The molecule has 0 bridgehead atoms. The first-order valence-corrected chi connectivity index (χ1v) is 9.53. The molecule has 0 fully saturated rings. The largest absolute Gasteiger partial charge is 0.351 e. The Bertz CT molecular complexity index is 1030. The molecular formula is C19H17N2O2S. The lowest BCUT2D eigenvalue weighted by Gasteiger charge is -2.21. The van der Waals surface area contributed by atoms with Crippen LogP contribution >= 0.6 is 0 Å². The number of fused-ring (bicyclic) bond motifs is 2. The van der Waals surface area contributed by atoms with Crippen molar-refractivity contribution in [3.8, 4) is 0 Å². The molecule has 0 unspecified atom stereocenters. The smallest absolute Gasteiger partial charge is 0.180 e. The second-order valence-electron chi connectivity index (χ2n) is 6.13. The Balaban J connectivity index is 1.77. The van der Waals surface area contributed by atoms with Crippen LogP contribution in [0.1, 0.15) is 11.1 Å².